The Morgan fingerprint density at radius 1 is 1.27 bits per heavy atom. The number of halogens is 1. The smallest absolute Gasteiger partial charge is 0.113 e. The first-order valence-electron chi connectivity index (χ1n) is 6.20. The van der Waals surface area contributed by atoms with E-state index in [4.69, 9.17) is 0 Å². The van der Waals surface area contributed by atoms with Gasteiger partial charge in [-0.05, 0) is 44.9 Å². The van der Waals surface area contributed by atoms with E-state index < -0.39 is 6.17 Å². The Balaban J connectivity index is 2.21. The molecule has 2 aliphatic carbocycles. The highest BCUT2D eigenvalue weighted by Gasteiger charge is 2.33. The van der Waals surface area contributed by atoms with Crippen LogP contribution in [0.4, 0.5) is 4.39 Å². The van der Waals surface area contributed by atoms with Gasteiger partial charge in [0.2, 0.25) is 0 Å². The molecule has 0 bridgehead atoms. The third-order valence-corrected chi connectivity index (χ3v) is 3.89. The minimum Gasteiger partial charge on any atom is -0.246 e. The van der Waals surface area contributed by atoms with Gasteiger partial charge in [0.15, 0.2) is 0 Å². The summed E-state index contributed by atoms with van der Waals surface area (Å²) in [6.07, 6.45) is 9.58. The average molecular weight is 208 g/mol. The van der Waals surface area contributed by atoms with Crippen LogP contribution in [-0.4, -0.2) is 6.17 Å². The van der Waals surface area contributed by atoms with Crippen LogP contribution < -0.4 is 0 Å². The zero-order valence-corrected chi connectivity index (χ0v) is 9.80. The lowest BCUT2D eigenvalue weighted by Gasteiger charge is -2.33. The predicted molar refractivity (Wildman–Crippen MR) is 62.5 cm³/mol. The van der Waals surface area contributed by atoms with Gasteiger partial charge in [-0.1, -0.05) is 30.2 Å². The third-order valence-electron chi connectivity index (χ3n) is 3.89. The van der Waals surface area contributed by atoms with Crippen molar-refractivity contribution in [3.8, 4) is 0 Å². The van der Waals surface area contributed by atoms with E-state index >= 15 is 0 Å². The second-order valence-electron chi connectivity index (χ2n) is 5.11. The van der Waals surface area contributed by atoms with E-state index in [-0.39, 0.29) is 11.8 Å². The van der Waals surface area contributed by atoms with Gasteiger partial charge in [-0.15, -0.1) is 0 Å². The molecular formula is C14H21F. The van der Waals surface area contributed by atoms with Crippen LogP contribution in [-0.2, 0) is 0 Å². The highest BCUT2D eigenvalue weighted by Crippen LogP contribution is 2.39. The summed E-state index contributed by atoms with van der Waals surface area (Å²) >= 11 is 0. The van der Waals surface area contributed by atoms with Crippen molar-refractivity contribution in [3.05, 3.63) is 23.3 Å². The van der Waals surface area contributed by atoms with Crippen molar-refractivity contribution in [2.45, 2.75) is 52.1 Å². The molecule has 0 saturated heterocycles. The minimum atomic E-state index is -0.653. The molecule has 0 radical (unpaired) electrons. The maximum Gasteiger partial charge on any atom is 0.113 e. The van der Waals surface area contributed by atoms with Crippen molar-refractivity contribution in [1.29, 1.82) is 0 Å². The molecule has 0 heterocycles. The Bertz CT molecular complexity index is 288. The topological polar surface area (TPSA) is 0 Å². The molecule has 2 aliphatic rings. The van der Waals surface area contributed by atoms with Crippen LogP contribution >= 0.6 is 0 Å². The zero-order chi connectivity index (χ0) is 10.8. The molecule has 0 aromatic heterocycles. The van der Waals surface area contributed by atoms with Gasteiger partial charge in [0.05, 0.1) is 0 Å². The Morgan fingerprint density at radius 3 is 2.73 bits per heavy atom. The fourth-order valence-corrected chi connectivity index (χ4v) is 2.85. The summed E-state index contributed by atoms with van der Waals surface area (Å²) in [5, 5.41) is 0. The van der Waals surface area contributed by atoms with Crippen molar-refractivity contribution in [1.82, 2.24) is 0 Å². The second kappa shape index (κ2) is 4.51. The first-order chi connectivity index (χ1) is 7.20. The van der Waals surface area contributed by atoms with Gasteiger partial charge >= 0.3 is 0 Å². The Hall–Kier alpha value is -0.590. The molecule has 0 N–H and O–H groups in total. The normalized spacial score (nSPS) is 37.1. The molecule has 0 amide bonds. The van der Waals surface area contributed by atoms with Crippen LogP contribution in [0.2, 0.25) is 0 Å². The molecule has 0 aromatic carbocycles. The molecule has 15 heavy (non-hydrogen) atoms. The molecular weight excluding hydrogens is 187 g/mol. The monoisotopic (exact) mass is 208 g/mol. The zero-order valence-electron chi connectivity index (χ0n) is 9.80. The van der Waals surface area contributed by atoms with Crippen molar-refractivity contribution >= 4 is 0 Å². The van der Waals surface area contributed by atoms with E-state index in [1.807, 2.05) is 6.92 Å². The quantitative estimate of drug-likeness (QED) is 0.559. The third kappa shape index (κ3) is 2.16. The molecule has 0 fully saturated rings. The van der Waals surface area contributed by atoms with Crippen LogP contribution in [0, 0.1) is 11.8 Å². The van der Waals surface area contributed by atoms with Gasteiger partial charge in [-0.25, -0.2) is 4.39 Å². The van der Waals surface area contributed by atoms with Crippen molar-refractivity contribution < 1.29 is 4.39 Å². The van der Waals surface area contributed by atoms with Gasteiger partial charge in [-0.3, -0.25) is 0 Å². The van der Waals surface area contributed by atoms with E-state index in [9.17, 15) is 4.39 Å². The van der Waals surface area contributed by atoms with Crippen LogP contribution in [0.5, 0.6) is 0 Å². The SMILES string of the molecule is CC1=CCC(C)C(F)C1C1=CCCCC1. The van der Waals surface area contributed by atoms with Crippen molar-refractivity contribution in [2.75, 3.05) is 0 Å². The predicted octanol–water partition coefficient (Wildman–Crippen LogP) is 4.43. The standard InChI is InChI=1S/C14H21F/c1-10-8-9-11(2)14(15)13(10)12-6-4-3-5-7-12/h6,8,11,13-14H,3-5,7,9H2,1-2H3. The second-order valence-corrected chi connectivity index (χ2v) is 5.11. The van der Waals surface area contributed by atoms with Gasteiger partial charge in [-0.2, -0.15) is 0 Å². The van der Waals surface area contributed by atoms with Crippen LogP contribution in [0.1, 0.15) is 46.0 Å². The van der Waals surface area contributed by atoms with Gasteiger partial charge in [0.1, 0.15) is 6.17 Å². The van der Waals surface area contributed by atoms with Crippen molar-refractivity contribution in [2.24, 2.45) is 11.8 Å². The largest absolute Gasteiger partial charge is 0.246 e. The van der Waals surface area contributed by atoms with Crippen LogP contribution in [0.25, 0.3) is 0 Å². The molecule has 84 valence electrons. The summed E-state index contributed by atoms with van der Waals surface area (Å²) in [6.45, 7) is 4.13. The number of allylic oxidation sites excluding steroid dienone is 4. The fourth-order valence-electron chi connectivity index (χ4n) is 2.85. The average Bonchev–Trinajstić information content (AvgIpc) is 2.26. The summed E-state index contributed by atoms with van der Waals surface area (Å²) in [5.74, 6) is 0.301. The molecule has 1 heteroatoms. The first-order valence-corrected chi connectivity index (χ1v) is 6.20. The summed E-state index contributed by atoms with van der Waals surface area (Å²) in [4.78, 5) is 0. The highest BCUT2D eigenvalue weighted by atomic mass is 19.1. The van der Waals surface area contributed by atoms with E-state index in [1.54, 1.807) is 0 Å². The lowest BCUT2D eigenvalue weighted by atomic mass is 9.74. The highest BCUT2D eigenvalue weighted by molar-refractivity contribution is 5.26. The van der Waals surface area contributed by atoms with E-state index in [0.717, 1.165) is 19.3 Å². The van der Waals surface area contributed by atoms with Gasteiger partial charge in [0.25, 0.3) is 0 Å². The summed E-state index contributed by atoms with van der Waals surface area (Å²) < 4.78 is 14.2. The summed E-state index contributed by atoms with van der Waals surface area (Å²) in [6, 6.07) is 0. The number of hydrogen-bond acceptors (Lipinski definition) is 0. The Morgan fingerprint density at radius 2 is 2.07 bits per heavy atom. The van der Waals surface area contributed by atoms with E-state index in [1.165, 1.54) is 24.0 Å². The summed E-state index contributed by atoms with van der Waals surface area (Å²) in [7, 11) is 0. The Kier molecular flexibility index (Phi) is 3.28. The van der Waals surface area contributed by atoms with Crippen LogP contribution in [0.15, 0.2) is 23.3 Å². The fraction of sp³-hybridized carbons (Fsp3) is 0.714. The van der Waals surface area contributed by atoms with E-state index in [0.29, 0.717) is 0 Å². The number of hydrogen-bond donors (Lipinski definition) is 0. The van der Waals surface area contributed by atoms with Crippen molar-refractivity contribution in [3.63, 3.8) is 0 Å². The van der Waals surface area contributed by atoms with Gasteiger partial charge < -0.3 is 0 Å². The molecule has 0 nitrogen and oxygen atoms in total. The maximum atomic E-state index is 14.2. The lowest BCUT2D eigenvalue weighted by Crippen LogP contribution is -2.29. The molecule has 0 saturated carbocycles. The molecule has 3 atom stereocenters. The minimum absolute atomic E-state index is 0.106. The number of rotatable bonds is 1. The lowest BCUT2D eigenvalue weighted by molar-refractivity contribution is 0.184. The molecule has 2 rings (SSSR count). The molecule has 0 aliphatic heterocycles. The first kappa shape index (κ1) is 10.9. The van der Waals surface area contributed by atoms with E-state index in [2.05, 4.69) is 19.1 Å². The maximum absolute atomic E-state index is 14.2. The number of alkyl halides is 1. The molecule has 0 spiro atoms. The molecule has 0 aromatic rings. The van der Waals surface area contributed by atoms with Crippen LogP contribution in [0.3, 0.4) is 0 Å². The summed E-state index contributed by atoms with van der Waals surface area (Å²) in [5.41, 5.74) is 2.63. The molecule has 3 unspecified atom stereocenters. The Labute approximate surface area is 92.3 Å². The van der Waals surface area contributed by atoms with Gasteiger partial charge in [0, 0.05) is 5.92 Å².